The number of rotatable bonds is 11. The van der Waals surface area contributed by atoms with Crippen LogP contribution in [0.25, 0.3) is 0 Å². The maximum Gasteiger partial charge on any atom is 0.472 e. The van der Waals surface area contributed by atoms with Gasteiger partial charge in [0.2, 0.25) is 0 Å². The van der Waals surface area contributed by atoms with Crippen LogP contribution in [0.3, 0.4) is 0 Å². The number of phosphoric acid groups is 1. The van der Waals surface area contributed by atoms with Crippen molar-refractivity contribution in [3.63, 3.8) is 0 Å². The standard InChI is InChI=1S/C16H27O4P/c1-4-6-7-8-9-10-11-12-13-14-15-16(3)20-21(17,18)19-5-2/h8-16H,4-7H2,1-3H3,(H,17,18)/b9-8+,11-10+,13-12+,15-14+. The Morgan fingerprint density at radius 2 is 1.71 bits per heavy atom. The van der Waals surface area contributed by atoms with Crippen LogP contribution in [0.4, 0.5) is 0 Å². The first kappa shape index (κ1) is 20.1. The summed E-state index contributed by atoms with van der Waals surface area (Å²) in [5.74, 6) is 0. The first-order chi connectivity index (χ1) is 10.0. The minimum Gasteiger partial charge on any atom is -0.302 e. The van der Waals surface area contributed by atoms with Crippen molar-refractivity contribution in [3.05, 3.63) is 48.6 Å². The van der Waals surface area contributed by atoms with Gasteiger partial charge in [0.25, 0.3) is 0 Å². The lowest BCUT2D eigenvalue weighted by atomic mass is 10.2. The largest absolute Gasteiger partial charge is 0.472 e. The third-order valence-corrected chi connectivity index (χ3v) is 3.57. The summed E-state index contributed by atoms with van der Waals surface area (Å²) in [5, 5.41) is 0. The summed E-state index contributed by atoms with van der Waals surface area (Å²) in [7, 11) is -3.93. The summed E-state index contributed by atoms with van der Waals surface area (Å²) in [4.78, 5) is 9.29. The maximum absolute atomic E-state index is 11.3. The highest BCUT2D eigenvalue weighted by Gasteiger charge is 2.21. The van der Waals surface area contributed by atoms with Crippen molar-refractivity contribution in [1.82, 2.24) is 0 Å². The number of hydrogen-bond acceptors (Lipinski definition) is 3. The molecular formula is C16H27O4P. The predicted molar refractivity (Wildman–Crippen MR) is 88.1 cm³/mol. The van der Waals surface area contributed by atoms with Crippen LogP contribution >= 0.6 is 7.82 Å². The first-order valence-electron chi connectivity index (χ1n) is 7.34. The molecule has 0 radical (unpaired) electrons. The van der Waals surface area contributed by atoms with E-state index in [0.717, 1.165) is 6.42 Å². The Hall–Kier alpha value is -0.930. The summed E-state index contributed by atoms with van der Waals surface area (Å²) < 4.78 is 20.9. The van der Waals surface area contributed by atoms with Crippen LogP contribution < -0.4 is 0 Å². The van der Waals surface area contributed by atoms with Gasteiger partial charge in [0, 0.05) is 0 Å². The highest BCUT2D eigenvalue weighted by molar-refractivity contribution is 7.47. The molecule has 21 heavy (non-hydrogen) atoms. The third kappa shape index (κ3) is 13.8. The average molecular weight is 314 g/mol. The van der Waals surface area contributed by atoms with Crippen LogP contribution in [0, 0.1) is 0 Å². The first-order valence-corrected chi connectivity index (χ1v) is 8.83. The molecule has 4 nitrogen and oxygen atoms in total. The van der Waals surface area contributed by atoms with E-state index >= 15 is 0 Å². The lowest BCUT2D eigenvalue weighted by Crippen LogP contribution is -2.04. The molecule has 2 atom stereocenters. The molecule has 1 N–H and O–H groups in total. The van der Waals surface area contributed by atoms with E-state index in [2.05, 4.69) is 17.5 Å². The van der Waals surface area contributed by atoms with Gasteiger partial charge in [0.05, 0.1) is 12.7 Å². The van der Waals surface area contributed by atoms with Crippen LogP contribution in [-0.4, -0.2) is 17.6 Å². The van der Waals surface area contributed by atoms with Crippen LogP contribution in [0.2, 0.25) is 0 Å². The SMILES string of the molecule is CCCC/C=C/C=C/C=C/C=C/C(C)OP(=O)(O)OCC. The van der Waals surface area contributed by atoms with Gasteiger partial charge in [0.15, 0.2) is 0 Å². The summed E-state index contributed by atoms with van der Waals surface area (Å²) in [6.07, 6.45) is 18.3. The highest BCUT2D eigenvalue weighted by atomic mass is 31.2. The monoisotopic (exact) mass is 314 g/mol. The minimum absolute atomic E-state index is 0.140. The van der Waals surface area contributed by atoms with Gasteiger partial charge in [-0.3, -0.25) is 9.05 Å². The fourth-order valence-corrected chi connectivity index (χ4v) is 2.29. The van der Waals surface area contributed by atoms with Crippen LogP contribution in [0.1, 0.15) is 40.0 Å². The summed E-state index contributed by atoms with van der Waals surface area (Å²) in [6.45, 7) is 5.63. The molecule has 0 fully saturated rings. The van der Waals surface area contributed by atoms with Crippen LogP contribution in [-0.2, 0) is 13.6 Å². The molecule has 0 amide bonds. The third-order valence-electron chi connectivity index (χ3n) is 2.39. The molecule has 0 saturated heterocycles. The second-order valence-electron chi connectivity index (χ2n) is 4.42. The fourth-order valence-electron chi connectivity index (χ4n) is 1.41. The van der Waals surface area contributed by atoms with Crippen molar-refractivity contribution in [2.45, 2.75) is 46.1 Å². The molecule has 0 aromatic rings. The molecule has 0 aliphatic heterocycles. The normalized spacial score (nSPS) is 17.3. The Bertz CT molecular complexity index is 411. The average Bonchev–Trinajstić information content (AvgIpc) is 2.40. The van der Waals surface area contributed by atoms with Gasteiger partial charge in [-0.1, -0.05) is 68.4 Å². The van der Waals surface area contributed by atoms with E-state index < -0.39 is 13.9 Å². The van der Waals surface area contributed by atoms with Gasteiger partial charge in [-0.25, -0.2) is 4.57 Å². The fraction of sp³-hybridized carbons (Fsp3) is 0.500. The van der Waals surface area contributed by atoms with Crippen LogP contribution in [0.15, 0.2) is 48.6 Å². The Balaban J connectivity index is 3.98. The number of unbranched alkanes of at least 4 members (excludes halogenated alkanes) is 2. The molecule has 120 valence electrons. The Morgan fingerprint density at radius 3 is 2.33 bits per heavy atom. The van der Waals surface area contributed by atoms with Crippen molar-refractivity contribution in [2.24, 2.45) is 0 Å². The molecule has 2 unspecified atom stereocenters. The topological polar surface area (TPSA) is 55.8 Å². The zero-order valence-electron chi connectivity index (χ0n) is 13.1. The molecule has 0 bridgehead atoms. The van der Waals surface area contributed by atoms with Gasteiger partial charge in [0.1, 0.15) is 0 Å². The smallest absolute Gasteiger partial charge is 0.302 e. The number of phosphoric ester groups is 1. The van der Waals surface area contributed by atoms with E-state index in [1.54, 1.807) is 26.0 Å². The molecule has 5 heteroatoms. The van der Waals surface area contributed by atoms with E-state index in [1.807, 2.05) is 30.4 Å². The lowest BCUT2D eigenvalue weighted by molar-refractivity contribution is 0.136. The molecule has 0 spiro atoms. The van der Waals surface area contributed by atoms with Crippen LogP contribution in [0.5, 0.6) is 0 Å². The van der Waals surface area contributed by atoms with E-state index in [1.165, 1.54) is 12.8 Å². The molecule has 0 aliphatic rings. The summed E-state index contributed by atoms with van der Waals surface area (Å²) in [6, 6.07) is 0. The van der Waals surface area contributed by atoms with Crippen molar-refractivity contribution < 1.29 is 18.5 Å². The lowest BCUT2D eigenvalue weighted by Gasteiger charge is -2.13. The van der Waals surface area contributed by atoms with Gasteiger partial charge < -0.3 is 4.89 Å². The minimum atomic E-state index is -3.93. The van der Waals surface area contributed by atoms with Crippen molar-refractivity contribution in [2.75, 3.05) is 6.61 Å². The maximum atomic E-state index is 11.3. The van der Waals surface area contributed by atoms with Crippen molar-refractivity contribution >= 4 is 7.82 Å². The van der Waals surface area contributed by atoms with Gasteiger partial charge in [-0.05, 0) is 20.3 Å². The zero-order valence-corrected chi connectivity index (χ0v) is 14.0. The molecular weight excluding hydrogens is 287 g/mol. The summed E-state index contributed by atoms with van der Waals surface area (Å²) >= 11 is 0. The number of hydrogen-bond donors (Lipinski definition) is 1. The molecule has 0 aromatic carbocycles. The Labute approximate surface area is 128 Å². The molecule has 0 saturated carbocycles. The van der Waals surface area contributed by atoms with E-state index in [-0.39, 0.29) is 6.61 Å². The number of allylic oxidation sites excluding steroid dienone is 7. The molecule has 0 aliphatic carbocycles. The molecule has 0 heterocycles. The second-order valence-corrected chi connectivity index (χ2v) is 5.83. The van der Waals surface area contributed by atoms with E-state index in [0.29, 0.717) is 0 Å². The zero-order chi connectivity index (χ0) is 16.0. The van der Waals surface area contributed by atoms with E-state index in [4.69, 9.17) is 4.52 Å². The highest BCUT2D eigenvalue weighted by Crippen LogP contribution is 2.44. The molecule has 0 rings (SSSR count). The van der Waals surface area contributed by atoms with Gasteiger partial charge >= 0.3 is 7.82 Å². The summed E-state index contributed by atoms with van der Waals surface area (Å²) in [5.41, 5.74) is 0. The second kappa shape index (κ2) is 12.8. The Kier molecular flexibility index (Phi) is 12.2. The predicted octanol–water partition coefficient (Wildman–Crippen LogP) is 4.94. The quantitative estimate of drug-likeness (QED) is 0.333. The van der Waals surface area contributed by atoms with Gasteiger partial charge in [-0.15, -0.1) is 0 Å². The Morgan fingerprint density at radius 1 is 1.10 bits per heavy atom. The van der Waals surface area contributed by atoms with Crippen molar-refractivity contribution in [3.8, 4) is 0 Å². The van der Waals surface area contributed by atoms with Gasteiger partial charge in [-0.2, -0.15) is 0 Å². The molecule has 0 aromatic heterocycles. The van der Waals surface area contributed by atoms with E-state index in [9.17, 15) is 9.46 Å². The van der Waals surface area contributed by atoms with Crippen molar-refractivity contribution in [1.29, 1.82) is 0 Å².